The molecule has 0 saturated heterocycles. The second-order valence-corrected chi connectivity index (χ2v) is 5.34. The summed E-state index contributed by atoms with van der Waals surface area (Å²) in [7, 11) is 1.03. The first-order chi connectivity index (χ1) is 11.9. The summed E-state index contributed by atoms with van der Waals surface area (Å²) in [5, 5.41) is 7.32. The quantitative estimate of drug-likeness (QED) is 0.621. The lowest BCUT2D eigenvalue weighted by molar-refractivity contribution is -0.0640. The largest absolute Gasteiger partial charge is 0.434 e. The Kier molecular flexibility index (Phi) is 4.43. The molecule has 10 heteroatoms. The molecule has 132 valence electrons. The third-order valence-electron chi connectivity index (χ3n) is 3.71. The number of nitrogens with zero attached hydrogens (tertiary/aromatic N) is 5. The highest BCUT2D eigenvalue weighted by molar-refractivity contribution is 6.00. The lowest BCUT2D eigenvalue weighted by Gasteiger charge is -2.26. The van der Waals surface area contributed by atoms with Gasteiger partial charge in [0.25, 0.3) is 5.91 Å². The molecule has 1 amide bonds. The molecule has 0 spiro atoms. The van der Waals surface area contributed by atoms with Gasteiger partial charge in [-0.1, -0.05) is 5.16 Å². The third-order valence-corrected chi connectivity index (χ3v) is 3.71. The number of carbonyl (C=O) groups excluding carboxylic acids is 1. The van der Waals surface area contributed by atoms with Gasteiger partial charge in [-0.05, 0) is 12.1 Å². The van der Waals surface area contributed by atoms with Crippen LogP contribution in [0.25, 0.3) is 5.69 Å². The van der Waals surface area contributed by atoms with Crippen LogP contribution in [0.3, 0.4) is 0 Å². The first kappa shape index (κ1) is 16.9. The number of carbonyl (C=O) groups is 1. The van der Waals surface area contributed by atoms with Crippen LogP contribution in [0.4, 0.5) is 13.2 Å². The smallest absolute Gasteiger partial charge is 0.399 e. The minimum absolute atomic E-state index is 0.120. The Labute approximate surface area is 140 Å². The van der Waals surface area contributed by atoms with Crippen molar-refractivity contribution in [2.45, 2.75) is 12.6 Å². The fraction of sp³-hybridized carbons (Fsp3) is 0.333. The van der Waals surface area contributed by atoms with E-state index in [9.17, 15) is 18.0 Å². The molecule has 0 fully saturated rings. The molecule has 2 aromatic heterocycles. The molecule has 1 aliphatic rings. The van der Waals surface area contributed by atoms with Crippen LogP contribution in [0.15, 0.2) is 35.9 Å². The van der Waals surface area contributed by atoms with Gasteiger partial charge >= 0.3 is 6.18 Å². The fourth-order valence-electron chi connectivity index (χ4n) is 2.52. The summed E-state index contributed by atoms with van der Waals surface area (Å²) in [6.07, 6.45) is 0.367. The lowest BCUT2D eigenvalue weighted by Crippen LogP contribution is -2.44. The molecule has 0 atom stereocenters. The van der Waals surface area contributed by atoms with Crippen molar-refractivity contribution in [1.82, 2.24) is 19.7 Å². The zero-order valence-corrected chi connectivity index (χ0v) is 13.2. The van der Waals surface area contributed by atoms with Crippen LogP contribution >= 0.6 is 0 Å². The monoisotopic (exact) mass is 353 g/mol. The van der Waals surface area contributed by atoms with E-state index >= 15 is 0 Å². The average Bonchev–Trinajstić information content (AvgIpc) is 3.02. The first-order valence-corrected chi connectivity index (χ1v) is 7.35. The van der Waals surface area contributed by atoms with Crippen molar-refractivity contribution >= 4 is 11.6 Å². The number of hydrogen-bond donors (Lipinski definition) is 0. The van der Waals surface area contributed by atoms with Crippen molar-refractivity contribution in [3.05, 3.63) is 42.0 Å². The minimum atomic E-state index is -4.67. The number of amides is 1. The zero-order valence-electron chi connectivity index (χ0n) is 13.2. The van der Waals surface area contributed by atoms with Gasteiger partial charge in [-0.15, -0.1) is 0 Å². The fourth-order valence-corrected chi connectivity index (χ4v) is 2.52. The number of alkyl halides is 3. The summed E-state index contributed by atoms with van der Waals surface area (Å²) < 4.78 is 40.3. The molecular weight excluding hydrogens is 339 g/mol. The highest BCUT2D eigenvalue weighted by Gasteiger charge is 2.40. The van der Waals surface area contributed by atoms with Crippen LogP contribution in [0, 0.1) is 0 Å². The van der Waals surface area contributed by atoms with Gasteiger partial charge in [0.15, 0.2) is 5.71 Å². The van der Waals surface area contributed by atoms with Crippen LogP contribution in [0.1, 0.15) is 16.1 Å². The van der Waals surface area contributed by atoms with Crippen LogP contribution in [-0.4, -0.2) is 57.7 Å². The van der Waals surface area contributed by atoms with Crippen molar-refractivity contribution in [3.63, 3.8) is 0 Å². The van der Waals surface area contributed by atoms with E-state index < -0.39 is 24.3 Å². The topological polar surface area (TPSA) is 72.6 Å². The molecule has 0 N–H and O–H groups in total. The highest BCUT2D eigenvalue weighted by atomic mass is 19.4. The Morgan fingerprint density at radius 1 is 1.44 bits per heavy atom. The van der Waals surface area contributed by atoms with Crippen molar-refractivity contribution in [2.24, 2.45) is 5.16 Å². The summed E-state index contributed by atoms with van der Waals surface area (Å²) >= 11 is 0. The minimum Gasteiger partial charge on any atom is -0.399 e. The van der Waals surface area contributed by atoms with Gasteiger partial charge in [-0.2, -0.15) is 18.3 Å². The Balaban J connectivity index is 1.84. The Hall–Kier alpha value is -2.91. The standard InChI is InChI=1S/C15H14F3N5O2/c1-25-21-13(15(16,17)18)9-22-6-4-12-11(14(22)24)8-23(20-12)10-3-2-5-19-7-10/h2-3,5,7-8H,4,6,9H2,1H3/b21-13-. The van der Waals surface area contributed by atoms with Crippen molar-refractivity contribution < 1.29 is 22.8 Å². The van der Waals surface area contributed by atoms with Gasteiger partial charge in [0.2, 0.25) is 0 Å². The number of rotatable bonds is 4. The van der Waals surface area contributed by atoms with E-state index in [4.69, 9.17) is 0 Å². The van der Waals surface area contributed by atoms with E-state index in [-0.39, 0.29) is 12.1 Å². The Morgan fingerprint density at radius 2 is 2.24 bits per heavy atom. The molecule has 7 nitrogen and oxygen atoms in total. The first-order valence-electron chi connectivity index (χ1n) is 7.35. The second-order valence-electron chi connectivity index (χ2n) is 5.34. The van der Waals surface area contributed by atoms with Gasteiger partial charge in [0.1, 0.15) is 7.11 Å². The van der Waals surface area contributed by atoms with Gasteiger partial charge in [0.05, 0.1) is 29.7 Å². The SMILES string of the molecule is CO/N=C(/CN1CCc2nn(-c3cccnc3)cc2C1=O)C(F)(F)F. The number of pyridine rings is 1. The summed E-state index contributed by atoms with van der Waals surface area (Å²) in [6, 6.07) is 3.49. The molecule has 3 heterocycles. The summed E-state index contributed by atoms with van der Waals surface area (Å²) in [4.78, 5) is 21.8. The number of hydrogen-bond acceptors (Lipinski definition) is 5. The van der Waals surface area contributed by atoms with E-state index in [2.05, 4.69) is 20.1 Å². The molecule has 3 rings (SSSR count). The molecule has 0 radical (unpaired) electrons. The maximum atomic E-state index is 12.9. The van der Waals surface area contributed by atoms with E-state index in [1.807, 2.05) is 0 Å². The molecule has 0 bridgehead atoms. The number of halogens is 3. The van der Waals surface area contributed by atoms with Gasteiger partial charge in [-0.25, -0.2) is 4.68 Å². The summed E-state index contributed by atoms with van der Waals surface area (Å²) in [6.45, 7) is -0.553. The molecule has 0 aliphatic carbocycles. The van der Waals surface area contributed by atoms with Crippen molar-refractivity contribution in [1.29, 1.82) is 0 Å². The number of fused-ring (bicyclic) bond motifs is 1. The summed E-state index contributed by atoms with van der Waals surface area (Å²) in [5.74, 6) is -0.524. The second kappa shape index (κ2) is 6.54. The normalized spacial score (nSPS) is 15.3. The highest BCUT2D eigenvalue weighted by Crippen LogP contribution is 2.23. The number of oxime groups is 1. The maximum Gasteiger partial charge on any atom is 0.434 e. The van der Waals surface area contributed by atoms with Gasteiger partial charge < -0.3 is 9.74 Å². The Bertz CT molecular complexity index is 801. The predicted molar refractivity (Wildman–Crippen MR) is 81.5 cm³/mol. The molecule has 25 heavy (non-hydrogen) atoms. The number of aromatic nitrogens is 3. The van der Waals surface area contributed by atoms with E-state index in [0.717, 1.165) is 12.0 Å². The molecular formula is C15H14F3N5O2. The predicted octanol–water partition coefficient (Wildman–Crippen LogP) is 1.83. The van der Waals surface area contributed by atoms with E-state index in [1.165, 1.54) is 10.9 Å². The van der Waals surface area contributed by atoms with Crippen LogP contribution in [0.2, 0.25) is 0 Å². The maximum absolute atomic E-state index is 12.9. The summed E-state index contributed by atoms with van der Waals surface area (Å²) in [5.41, 5.74) is 0.316. The lowest BCUT2D eigenvalue weighted by atomic mass is 10.1. The zero-order chi connectivity index (χ0) is 18.0. The molecule has 0 unspecified atom stereocenters. The third kappa shape index (κ3) is 3.47. The molecule has 0 aromatic carbocycles. The van der Waals surface area contributed by atoms with Crippen molar-refractivity contribution in [3.8, 4) is 5.69 Å². The van der Waals surface area contributed by atoms with Gasteiger partial charge in [-0.3, -0.25) is 9.78 Å². The van der Waals surface area contributed by atoms with Crippen LogP contribution in [-0.2, 0) is 11.3 Å². The van der Waals surface area contributed by atoms with E-state index in [0.29, 0.717) is 17.8 Å². The van der Waals surface area contributed by atoms with E-state index in [1.54, 1.807) is 24.5 Å². The van der Waals surface area contributed by atoms with Crippen LogP contribution in [0.5, 0.6) is 0 Å². The average molecular weight is 353 g/mol. The van der Waals surface area contributed by atoms with Crippen LogP contribution < -0.4 is 0 Å². The van der Waals surface area contributed by atoms with Crippen molar-refractivity contribution in [2.75, 3.05) is 20.2 Å². The Morgan fingerprint density at radius 3 is 2.88 bits per heavy atom. The molecule has 1 aliphatic heterocycles. The molecule has 0 saturated carbocycles. The molecule has 2 aromatic rings. The van der Waals surface area contributed by atoms with Gasteiger partial charge in [0, 0.05) is 25.4 Å².